The summed E-state index contributed by atoms with van der Waals surface area (Å²) in [6.45, 7) is 0. The van der Waals surface area contributed by atoms with E-state index in [4.69, 9.17) is 4.65 Å². The quantitative estimate of drug-likeness (QED) is 0.774. The number of aliphatic hydroxyl groups is 1. The number of allylic oxidation sites excluding steroid dienone is 2. The fourth-order valence-electron chi connectivity index (χ4n) is 3.69. The first-order chi connectivity index (χ1) is 10.2. The number of nitrogens with zero attached hydrogens (tertiary/aromatic N) is 1. The van der Waals surface area contributed by atoms with Crippen LogP contribution in [-0.4, -0.2) is 28.3 Å². The van der Waals surface area contributed by atoms with E-state index >= 15 is 0 Å². The summed E-state index contributed by atoms with van der Waals surface area (Å²) in [5, 5.41) is 19.7. The molecule has 2 N–H and O–H groups in total. The van der Waals surface area contributed by atoms with Crippen molar-refractivity contribution in [2.24, 2.45) is 5.92 Å². The Morgan fingerprint density at radius 3 is 2.86 bits per heavy atom. The minimum absolute atomic E-state index is 0.172. The molecule has 1 aromatic heterocycles. The van der Waals surface area contributed by atoms with Crippen molar-refractivity contribution >= 4 is 18.8 Å². The van der Waals surface area contributed by atoms with E-state index in [9.17, 15) is 10.1 Å². The van der Waals surface area contributed by atoms with Crippen LogP contribution in [0.4, 0.5) is 0 Å². The van der Waals surface area contributed by atoms with Gasteiger partial charge in [0.05, 0.1) is 18.0 Å². The smallest absolute Gasteiger partial charge is 0.531 e. The molecular formula is C16H18BNO3. The third-order valence-electron chi connectivity index (χ3n) is 4.76. The lowest BCUT2D eigenvalue weighted by Crippen LogP contribution is -2.28. The summed E-state index contributed by atoms with van der Waals surface area (Å²) in [5.74, 6) is 2.89. The summed E-state index contributed by atoms with van der Waals surface area (Å²) < 4.78 is 5.53. The van der Waals surface area contributed by atoms with Gasteiger partial charge in [0.15, 0.2) is 0 Å². The molecule has 4 nitrogen and oxygen atoms in total. The molecule has 2 heterocycles. The highest BCUT2D eigenvalue weighted by Gasteiger charge is 2.33. The molecule has 108 valence electrons. The number of fused-ring (bicyclic) bond motifs is 3. The Bertz CT molecular complexity index is 633. The first-order valence-corrected chi connectivity index (χ1v) is 7.65. The fourth-order valence-corrected chi connectivity index (χ4v) is 3.69. The van der Waals surface area contributed by atoms with Crippen molar-refractivity contribution in [2.75, 3.05) is 0 Å². The molecule has 0 bridgehead atoms. The van der Waals surface area contributed by atoms with E-state index in [0.29, 0.717) is 11.7 Å². The van der Waals surface area contributed by atoms with Crippen LogP contribution in [0.3, 0.4) is 0 Å². The third-order valence-corrected chi connectivity index (χ3v) is 4.76. The zero-order valence-corrected chi connectivity index (χ0v) is 11.8. The van der Waals surface area contributed by atoms with Crippen LogP contribution in [0.25, 0.3) is 11.6 Å². The molecule has 0 radical (unpaired) electrons. The van der Waals surface area contributed by atoms with Crippen molar-refractivity contribution in [3.63, 3.8) is 0 Å². The van der Waals surface area contributed by atoms with Crippen molar-refractivity contribution in [3.05, 3.63) is 35.1 Å². The third kappa shape index (κ3) is 2.21. The van der Waals surface area contributed by atoms with Crippen LogP contribution in [-0.2, 0) is 6.42 Å². The summed E-state index contributed by atoms with van der Waals surface area (Å²) in [6, 6.07) is 0. The molecule has 1 fully saturated rings. The van der Waals surface area contributed by atoms with Crippen LogP contribution in [0.2, 0.25) is 0 Å². The van der Waals surface area contributed by atoms with E-state index < -0.39 is 7.12 Å². The first-order valence-electron chi connectivity index (χ1n) is 7.65. The Labute approximate surface area is 124 Å². The molecule has 4 rings (SSSR count). The van der Waals surface area contributed by atoms with Gasteiger partial charge in [-0.3, -0.25) is 4.98 Å². The standard InChI is InChI=1S/C16H18BNO3/c19-11-6-4-10(5-7-11)13-8-17(20)21-15-9-18-14-3-1-2-12(14)16(13)15/h1-2,8-11,19-20H,3-7H2. The zero-order chi connectivity index (χ0) is 14.4. The molecule has 0 atom stereocenters. The van der Waals surface area contributed by atoms with Crippen LogP contribution in [0.5, 0.6) is 5.75 Å². The van der Waals surface area contributed by atoms with Gasteiger partial charge < -0.3 is 14.8 Å². The van der Waals surface area contributed by atoms with Crippen LogP contribution >= 0.6 is 0 Å². The highest BCUT2D eigenvalue weighted by Crippen LogP contribution is 2.44. The molecule has 0 aromatic carbocycles. The molecule has 5 heteroatoms. The average Bonchev–Trinajstić information content (AvgIpc) is 2.95. The van der Waals surface area contributed by atoms with Crippen LogP contribution in [0, 0.1) is 5.92 Å². The predicted molar refractivity (Wildman–Crippen MR) is 81.5 cm³/mol. The van der Waals surface area contributed by atoms with Gasteiger partial charge in [-0.25, -0.2) is 0 Å². The first kappa shape index (κ1) is 13.1. The number of hydrogen-bond acceptors (Lipinski definition) is 4. The predicted octanol–water partition coefficient (Wildman–Crippen LogP) is 2.00. The van der Waals surface area contributed by atoms with Gasteiger partial charge in [-0.1, -0.05) is 12.2 Å². The Morgan fingerprint density at radius 2 is 2.05 bits per heavy atom. The Hall–Kier alpha value is -1.59. The van der Waals surface area contributed by atoms with Gasteiger partial charge in [0.25, 0.3) is 0 Å². The topological polar surface area (TPSA) is 62.6 Å². The van der Waals surface area contributed by atoms with E-state index in [0.717, 1.165) is 48.9 Å². The van der Waals surface area contributed by atoms with E-state index in [1.165, 1.54) is 5.57 Å². The van der Waals surface area contributed by atoms with Crippen LogP contribution in [0.15, 0.2) is 18.2 Å². The van der Waals surface area contributed by atoms with Gasteiger partial charge >= 0.3 is 7.12 Å². The minimum Gasteiger partial charge on any atom is -0.531 e. The van der Waals surface area contributed by atoms with E-state index in [2.05, 4.69) is 17.1 Å². The normalized spacial score (nSPS) is 27.0. The maximum Gasteiger partial charge on any atom is 0.552 e. The van der Waals surface area contributed by atoms with E-state index in [1.807, 2.05) is 5.98 Å². The van der Waals surface area contributed by atoms with Crippen molar-refractivity contribution in [2.45, 2.75) is 38.2 Å². The molecule has 1 aliphatic heterocycles. The summed E-state index contributed by atoms with van der Waals surface area (Å²) in [6.07, 6.45) is 10.2. The lowest BCUT2D eigenvalue weighted by Gasteiger charge is -2.32. The van der Waals surface area contributed by atoms with Gasteiger partial charge in [0.1, 0.15) is 5.75 Å². The Morgan fingerprint density at radius 1 is 1.24 bits per heavy atom. The second-order valence-corrected chi connectivity index (χ2v) is 6.10. The lowest BCUT2D eigenvalue weighted by atomic mass is 9.72. The average molecular weight is 283 g/mol. The van der Waals surface area contributed by atoms with Crippen LogP contribution < -0.4 is 4.65 Å². The molecule has 2 aliphatic carbocycles. The highest BCUT2D eigenvalue weighted by atomic mass is 16.5. The maximum atomic E-state index is 9.96. The summed E-state index contributed by atoms with van der Waals surface area (Å²) in [5.41, 5.74) is 4.48. The number of hydrogen-bond donors (Lipinski definition) is 2. The van der Waals surface area contributed by atoms with Gasteiger partial charge in [0.2, 0.25) is 0 Å². The SMILES string of the molecule is OB1C=C(C2CCC(O)CC2)c2c(cnc3c2C=CC3)O1. The van der Waals surface area contributed by atoms with Crippen molar-refractivity contribution in [3.8, 4) is 5.75 Å². The molecular weight excluding hydrogens is 265 g/mol. The van der Waals surface area contributed by atoms with Gasteiger partial charge in [-0.15, -0.1) is 0 Å². The fraction of sp³-hybridized carbons (Fsp3) is 0.438. The zero-order valence-electron chi connectivity index (χ0n) is 11.8. The Kier molecular flexibility index (Phi) is 3.12. The molecule has 0 amide bonds. The molecule has 0 saturated heterocycles. The molecule has 3 aliphatic rings. The van der Waals surface area contributed by atoms with E-state index in [-0.39, 0.29) is 6.10 Å². The molecule has 0 unspecified atom stereocenters. The molecule has 1 aromatic rings. The van der Waals surface area contributed by atoms with Gasteiger partial charge in [0, 0.05) is 17.5 Å². The van der Waals surface area contributed by atoms with Crippen molar-refractivity contribution in [1.29, 1.82) is 0 Å². The van der Waals surface area contributed by atoms with Crippen LogP contribution in [0.1, 0.15) is 42.5 Å². The van der Waals surface area contributed by atoms with Gasteiger partial charge in [-0.2, -0.15) is 0 Å². The van der Waals surface area contributed by atoms with Crippen molar-refractivity contribution < 1.29 is 14.8 Å². The molecule has 1 saturated carbocycles. The van der Waals surface area contributed by atoms with E-state index in [1.54, 1.807) is 6.20 Å². The van der Waals surface area contributed by atoms with Gasteiger partial charge in [-0.05, 0) is 43.1 Å². The second kappa shape index (κ2) is 5.00. The molecule has 0 spiro atoms. The highest BCUT2D eigenvalue weighted by molar-refractivity contribution is 6.52. The van der Waals surface area contributed by atoms with Crippen molar-refractivity contribution in [1.82, 2.24) is 4.98 Å². The lowest BCUT2D eigenvalue weighted by molar-refractivity contribution is 0.119. The minimum atomic E-state index is -0.899. The summed E-state index contributed by atoms with van der Waals surface area (Å²) in [7, 11) is -0.899. The number of rotatable bonds is 1. The Balaban J connectivity index is 1.78. The summed E-state index contributed by atoms with van der Waals surface area (Å²) >= 11 is 0. The summed E-state index contributed by atoms with van der Waals surface area (Å²) in [4.78, 5) is 4.43. The number of aliphatic hydroxyl groups excluding tert-OH is 1. The maximum absolute atomic E-state index is 9.96. The monoisotopic (exact) mass is 283 g/mol. The molecule has 21 heavy (non-hydrogen) atoms. The second-order valence-electron chi connectivity index (χ2n) is 6.10. The number of aromatic nitrogens is 1. The number of pyridine rings is 1. The largest absolute Gasteiger partial charge is 0.552 e.